The van der Waals surface area contributed by atoms with Gasteiger partial charge in [0.1, 0.15) is 5.82 Å². The van der Waals surface area contributed by atoms with Gasteiger partial charge < -0.3 is 15.0 Å². The number of carbonyl (C=O) groups excluding carboxylic acids is 2. The topological polar surface area (TPSA) is 58.6 Å². The molecule has 1 aliphatic heterocycles. The van der Waals surface area contributed by atoms with E-state index < -0.39 is 35.4 Å². The molecule has 1 aromatic carbocycles. The Hall–Kier alpha value is -2.35. The molecule has 1 atom stereocenters. The van der Waals surface area contributed by atoms with Crippen LogP contribution in [0.1, 0.15) is 28.8 Å². The molecule has 136 valence electrons. The predicted molar refractivity (Wildman–Crippen MR) is 84.8 cm³/mol. The van der Waals surface area contributed by atoms with Crippen molar-refractivity contribution in [2.75, 3.05) is 26.2 Å². The van der Waals surface area contributed by atoms with Crippen LogP contribution in [-0.2, 0) is 9.53 Å². The smallest absolute Gasteiger partial charge is 0.266 e. The molecular weight excluding hydrogens is 337 g/mol. The molecule has 5 nitrogen and oxygen atoms in total. The summed E-state index contributed by atoms with van der Waals surface area (Å²) < 4.78 is 44.9. The van der Waals surface area contributed by atoms with Gasteiger partial charge in [-0.3, -0.25) is 9.59 Å². The molecule has 1 heterocycles. The van der Waals surface area contributed by atoms with E-state index in [4.69, 9.17) is 4.74 Å². The largest absolute Gasteiger partial charge is 0.374 e. The van der Waals surface area contributed by atoms with Crippen LogP contribution in [0.4, 0.5) is 13.2 Å². The summed E-state index contributed by atoms with van der Waals surface area (Å²) in [6.45, 7) is 4.64. The summed E-state index contributed by atoms with van der Waals surface area (Å²) >= 11 is 0. The number of carbonyl (C=O) groups is 2. The Morgan fingerprint density at radius 3 is 2.88 bits per heavy atom. The van der Waals surface area contributed by atoms with Crippen LogP contribution in [0.15, 0.2) is 30.9 Å². The molecule has 0 aliphatic carbocycles. The minimum atomic E-state index is -3.00. The number of nitrogens with zero attached hydrogens (tertiary/aromatic N) is 1. The first kappa shape index (κ1) is 19.0. The van der Waals surface area contributed by atoms with Crippen LogP contribution in [0.25, 0.3) is 0 Å². The van der Waals surface area contributed by atoms with E-state index in [0.717, 1.165) is 12.1 Å². The van der Waals surface area contributed by atoms with Crippen molar-refractivity contribution in [2.45, 2.75) is 19.0 Å². The number of hydrogen-bond acceptors (Lipinski definition) is 3. The van der Waals surface area contributed by atoms with Crippen molar-refractivity contribution in [3.8, 4) is 0 Å². The molecule has 1 aliphatic rings. The molecule has 0 aromatic heterocycles. The van der Waals surface area contributed by atoms with Crippen molar-refractivity contribution >= 4 is 11.8 Å². The molecule has 0 radical (unpaired) electrons. The van der Waals surface area contributed by atoms with Crippen molar-refractivity contribution in [3.63, 3.8) is 0 Å². The van der Waals surface area contributed by atoms with Gasteiger partial charge in [-0.05, 0) is 18.6 Å². The molecule has 1 N–H and O–H groups in total. The predicted octanol–water partition coefficient (Wildman–Crippen LogP) is 2.30. The van der Waals surface area contributed by atoms with Gasteiger partial charge in [-0.25, -0.2) is 13.2 Å². The van der Waals surface area contributed by atoms with E-state index in [9.17, 15) is 22.8 Å². The third-order valence-corrected chi connectivity index (χ3v) is 3.83. The summed E-state index contributed by atoms with van der Waals surface area (Å²) in [6.07, 6.45) is -1.63. The molecule has 2 amide bonds. The fourth-order valence-electron chi connectivity index (χ4n) is 2.54. The van der Waals surface area contributed by atoms with Gasteiger partial charge in [-0.1, -0.05) is 18.7 Å². The fourth-order valence-corrected chi connectivity index (χ4v) is 2.54. The lowest BCUT2D eigenvalue weighted by atomic mass is 10.1. The first-order valence-electron chi connectivity index (χ1n) is 7.81. The maximum Gasteiger partial charge on any atom is 0.266 e. The van der Waals surface area contributed by atoms with E-state index in [0.29, 0.717) is 19.6 Å². The average molecular weight is 356 g/mol. The number of amides is 2. The van der Waals surface area contributed by atoms with Crippen LogP contribution < -0.4 is 5.32 Å². The molecule has 25 heavy (non-hydrogen) atoms. The normalized spacial score (nSPS) is 17.9. The van der Waals surface area contributed by atoms with Gasteiger partial charge in [0, 0.05) is 26.2 Å². The fraction of sp³-hybridized carbons (Fsp3) is 0.412. The summed E-state index contributed by atoms with van der Waals surface area (Å²) in [5.41, 5.74) is -1.27. The number of alkyl halides is 2. The molecule has 1 saturated heterocycles. The Kier molecular flexibility index (Phi) is 6.58. The van der Waals surface area contributed by atoms with Crippen LogP contribution in [0.2, 0.25) is 0 Å². The van der Waals surface area contributed by atoms with Crippen molar-refractivity contribution < 1.29 is 27.5 Å². The van der Waals surface area contributed by atoms with Gasteiger partial charge in [0.25, 0.3) is 12.3 Å². The minimum Gasteiger partial charge on any atom is -0.374 e. The summed E-state index contributed by atoms with van der Waals surface area (Å²) in [5, 5.41) is 2.47. The molecule has 0 spiro atoms. The highest BCUT2D eigenvalue weighted by atomic mass is 19.3. The van der Waals surface area contributed by atoms with Crippen molar-refractivity contribution in [2.24, 2.45) is 0 Å². The zero-order valence-corrected chi connectivity index (χ0v) is 13.5. The Bertz CT molecular complexity index is 652. The molecule has 1 unspecified atom stereocenters. The maximum absolute atomic E-state index is 14.0. The number of halogens is 3. The monoisotopic (exact) mass is 356 g/mol. The number of hydrogen-bond donors (Lipinski definition) is 1. The zero-order chi connectivity index (χ0) is 18.4. The van der Waals surface area contributed by atoms with Crippen molar-refractivity contribution in [1.29, 1.82) is 0 Å². The molecule has 8 heteroatoms. The van der Waals surface area contributed by atoms with E-state index in [1.165, 1.54) is 12.1 Å². The Balaban J connectivity index is 2.00. The third-order valence-electron chi connectivity index (χ3n) is 3.83. The number of benzene rings is 1. The van der Waals surface area contributed by atoms with Crippen LogP contribution in [0.5, 0.6) is 0 Å². The number of rotatable bonds is 5. The van der Waals surface area contributed by atoms with Crippen molar-refractivity contribution in [3.05, 3.63) is 47.8 Å². The first-order valence-corrected chi connectivity index (χ1v) is 7.81. The highest BCUT2D eigenvalue weighted by Crippen LogP contribution is 2.24. The summed E-state index contributed by atoms with van der Waals surface area (Å²) in [4.78, 5) is 25.4. The third kappa shape index (κ3) is 4.82. The molecule has 1 fully saturated rings. The van der Waals surface area contributed by atoms with Crippen LogP contribution in [0, 0.1) is 5.82 Å². The Morgan fingerprint density at radius 1 is 1.44 bits per heavy atom. The van der Waals surface area contributed by atoms with Crippen LogP contribution >= 0.6 is 0 Å². The lowest BCUT2D eigenvalue weighted by Crippen LogP contribution is -2.42. The standard InChI is InChI=1S/C17H19F3N2O3/c1-2-14(23)22-7-4-8-25-11(10-22)9-21-17(24)13-6-3-5-12(15(13)18)16(19)20/h2-3,5-6,11,16H,1,4,7-10H2,(H,21,24). The Morgan fingerprint density at radius 2 is 2.20 bits per heavy atom. The van der Waals surface area contributed by atoms with Gasteiger partial charge in [-0.15, -0.1) is 0 Å². The van der Waals surface area contributed by atoms with Crippen molar-refractivity contribution in [1.82, 2.24) is 10.2 Å². The maximum atomic E-state index is 14.0. The summed E-state index contributed by atoms with van der Waals surface area (Å²) in [5.74, 6) is -2.29. The molecule has 1 aromatic rings. The second kappa shape index (κ2) is 8.66. The van der Waals surface area contributed by atoms with Gasteiger partial charge in [-0.2, -0.15) is 0 Å². The second-order valence-corrected chi connectivity index (χ2v) is 5.55. The highest BCUT2D eigenvalue weighted by molar-refractivity contribution is 5.94. The lowest BCUT2D eigenvalue weighted by molar-refractivity contribution is -0.126. The molecule has 2 rings (SSSR count). The first-order chi connectivity index (χ1) is 11.9. The number of nitrogens with one attached hydrogen (secondary N) is 1. The van der Waals surface area contributed by atoms with E-state index in [1.807, 2.05) is 0 Å². The van der Waals surface area contributed by atoms with E-state index in [-0.39, 0.29) is 19.0 Å². The van der Waals surface area contributed by atoms with Crippen LogP contribution in [0.3, 0.4) is 0 Å². The van der Waals surface area contributed by atoms with Gasteiger partial charge >= 0.3 is 0 Å². The zero-order valence-electron chi connectivity index (χ0n) is 13.5. The van der Waals surface area contributed by atoms with Gasteiger partial charge in [0.2, 0.25) is 5.91 Å². The highest BCUT2D eigenvalue weighted by Gasteiger charge is 2.23. The van der Waals surface area contributed by atoms with Gasteiger partial charge in [0.05, 0.1) is 17.2 Å². The molecular formula is C17H19F3N2O3. The second-order valence-electron chi connectivity index (χ2n) is 5.55. The average Bonchev–Trinajstić information content (AvgIpc) is 2.84. The van der Waals surface area contributed by atoms with E-state index >= 15 is 0 Å². The summed E-state index contributed by atoms with van der Waals surface area (Å²) in [6, 6.07) is 3.27. The minimum absolute atomic E-state index is 0.0259. The number of ether oxygens (including phenoxy) is 1. The SMILES string of the molecule is C=CC(=O)N1CCCOC(CNC(=O)c2cccc(C(F)F)c2F)C1. The Labute approximate surface area is 143 Å². The lowest BCUT2D eigenvalue weighted by Gasteiger charge is -2.23. The van der Waals surface area contributed by atoms with Crippen LogP contribution in [-0.4, -0.2) is 49.1 Å². The quantitative estimate of drug-likeness (QED) is 0.824. The van der Waals surface area contributed by atoms with E-state index in [2.05, 4.69) is 11.9 Å². The molecule has 0 saturated carbocycles. The molecule has 0 bridgehead atoms. The van der Waals surface area contributed by atoms with E-state index in [1.54, 1.807) is 4.90 Å². The summed E-state index contributed by atoms with van der Waals surface area (Å²) in [7, 11) is 0. The van der Waals surface area contributed by atoms with Gasteiger partial charge in [0.15, 0.2) is 0 Å².